The quantitative estimate of drug-likeness (QED) is 0.668. The van der Waals surface area contributed by atoms with Gasteiger partial charge in [-0.3, -0.25) is 0 Å². The second kappa shape index (κ2) is 5.01. The first-order valence-electron chi connectivity index (χ1n) is 7.95. The van der Waals surface area contributed by atoms with Crippen LogP contribution in [0.15, 0.2) is 34.1 Å². The standard InChI is InChI=1S/C18H18N2OS/c1-3-19-9-13-5-15-17(7-11(1)13)22-18-8-12-2-4-20-10-14(12)6-16(18)21-15/h5-8,19-20H,1-4,9-10H2. The van der Waals surface area contributed by atoms with E-state index in [1.165, 1.54) is 32.0 Å². The van der Waals surface area contributed by atoms with Crippen molar-refractivity contribution in [3.05, 3.63) is 46.5 Å². The molecule has 0 spiro atoms. The molecule has 0 fully saturated rings. The maximum atomic E-state index is 6.23. The van der Waals surface area contributed by atoms with Gasteiger partial charge in [0.2, 0.25) is 0 Å². The van der Waals surface area contributed by atoms with Crippen molar-refractivity contribution in [1.29, 1.82) is 0 Å². The highest BCUT2D eigenvalue weighted by Gasteiger charge is 2.23. The fraction of sp³-hybridized carbons (Fsp3) is 0.333. The van der Waals surface area contributed by atoms with Gasteiger partial charge >= 0.3 is 0 Å². The van der Waals surface area contributed by atoms with E-state index in [9.17, 15) is 0 Å². The minimum atomic E-state index is 0.956. The van der Waals surface area contributed by atoms with Crippen LogP contribution in [-0.4, -0.2) is 13.1 Å². The SMILES string of the molecule is c1c2c(cc3c1Oc1cc4c(cc1S3)CCNC4)CCNC2. The van der Waals surface area contributed by atoms with E-state index >= 15 is 0 Å². The lowest BCUT2D eigenvalue weighted by Crippen LogP contribution is -2.24. The van der Waals surface area contributed by atoms with Gasteiger partial charge in [-0.1, -0.05) is 11.8 Å². The Bertz CT molecular complexity index is 645. The van der Waals surface area contributed by atoms with Crippen molar-refractivity contribution >= 4 is 11.8 Å². The lowest BCUT2D eigenvalue weighted by molar-refractivity contribution is 0.449. The first kappa shape index (κ1) is 13.0. The van der Waals surface area contributed by atoms with Crippen molar-refractivity contribution in [2.24, 2.45) is 0 Å². The van der Waals surface area contributed by atoms with Crippen LogP contribution in [0.4, 0.5) is 0 Å². The van der Waals surface area contributed by atoms with Crippen LogP contribution in [0.3, 0.4) is 0 Å². The summed E-state index contributed by atoms with van der Waals surface area (Å²) >= 11 is 1.86. The molecule has 22 heavy (non-hydrogen) atoms. The Hall–Kier alpha value is -1.49. The fourth-order valence-corrected chi connectivity index (χ4v) is 4.57. The Labute approximate surface area is 134 Å². The fourth-order valence-electron chi connectivity index (χ4n) is 3.53. The Kier molecular flexibility index (Phi) is 2.96. The van der Waals surface area contributed by atoms with E-state index in [-0.39, 0.29) is 0 Å². The molecular formula is C18H18N2OS. The summed E-state index contributed by atoms with van der Waals surface area (Å²) in [6.45, 7) is 4.07. The van der Waals surface area contributed by atoms with E-state index in [2.05, 4.69) is 34.9 Å². The first-order chi connectivity index (χ1) is 10.9. The third kappa shape index (κ3) is 2.06. The van der Waals surface area contributed by atoms with Crippen LogP contribution in [0, 0.1) is 0 Å². The zero-order chi connectivity index (χ0) is 14.5. The monoisotopic (exact) mass is 310 g/mol. The average Bonchev–Trinajstić information content (AvgIpc) is 2.56. The lowest BCUT2D eigenvalue weighted by Gasteiger charge is -2.26. The summed E-state index contributed by atoms with van der Waals surface area (Å²) < 4.78 is 6.23. The highest BCUT2D eigenvalue weighted by molar-refractivity contribution is 7.99. The molecule has 0 aliphatic carbocycles. The molecule has 0 aromatic heterocycles. The summed E-state index contributed by atoms with van der Waals surface area (Å²) in [5.41, 5.74) is 5.71. The van der Waals surface area contributed by atoms with Gasteiger partial charge in [0.15, 0.2) is 0 Å². The maximum absolute atomic E-state index is 6.23. The van der Waals surface area contributed by atoms with E-state index in [1.807, 2.05) is 11.8 Å². The third-order valence-corrected chi connectivity index (χ3v) is 5.82. The molecule has 2 N–H and O–H groups in total. The minimum Gasteiger partial charge on any atom is -0.455 e. The van der Waals surface area contributed by atoms with Gasteiger partial charge in [-0.25, -0.2) is 0 Å². The van der Waals surface area contributed by atoms with Crippen molar-refractivity contribution in [1.82, 2.24) is 10.6 Å². The molecule has 0 bridgehead atoms. The van der Waals surface area contributed by atoms with Crippen LogP contribution in [-0.2, 0) is 25.9 Å². The molecule has 3 nitrogen and oxygen atoms in total. The highest BCUT2D eigenvalue weighted by Crippen LogP contribution is 2.49. The molecule has 4 heteroatoms. The van der Waals surface area contributed by atoms with Crippen molar-refractivity contribution in [2.75, 3.05) is 13.1 Å². The van der Waals surface area contributed by atoms with Gasteiger partial charge in [0.25, 0.3) is 0 Å². The van der Waals surface area contributed by atoms with E-state index in [4.69, 9.17) is 4.74 Å². The third-order valence-electron chi connectivity index (χ3n) is 4.74. The van der Waals surface area contributed by atoms with Gasteiger partial charge in [0, 0.05) is 13.1 Å². The Balaban J connectivity index is 1.58. The van der Waals surface area contributed by atoms with Crippen LogP contribution >= 0.6 is 11.8 Å². The lowest BCUT2D eigenvalue weighted by atomic mass is 10.00. The second-order valence-electron chi connectivity index (χ2n) is 6.19. The van der Waals surface area contributed by atoms with E-state index < -0.39 is 0 Å². The molecule has 0 saturated carbocycles. The molecule has 3 aliphatic rings. The zero-order valence-corrected chi connectivity index (χ0v) is 13.2. The molecule has 0 saturated heterocycles. The van der Waals surface area contributed by atoms with Gasteiger partial charge in [-0.15, -0.1) is 0 Å². The summed E-state index contributed by atoms with van der Waals surface area (Å²) in [5, 5.41) is 6.87. The second-order valence-corrected chi connectivity index (χ2v) is 7.28. The molecule has 0 amide bonds. The van der Waals surface area contributed by atoms with Crippen molar-refractivity contribution in [3.8, 4) is 11.5 Å². The van der Waals surface area contributed by atoms with E-state index in [1.54, 1.807) is 0 Å². The number of rotatable bonds is 0. The largest absolute Gasteiger partial charge is 0.455 e. The topological polar surface area (TPSA) is 33.3 Å². The molecule has 0 unspecified atom stereocenters. The average molecular weight is 310 g/mol. The van der Waals surface area contributed by atoms with Crippen LogP contribution < -0.4 is 15.4 Å². The van der Waals surface area contributed by atoms with Crippen LogP contribution in [0.5, 0.6) is 11.5 Å². The molecule has 2 aromatic rings. The summed E-state index contributed by atoms with van der Waals surface area (Å²) in [5.74, 6) is 2.03. The van der Waals surface area contributed by atoms with Crippen molar-refractivity contribution < 1.29 is 4.74 Å². The molecule has 5 rings (SSSR count). The van der Waals surface area contributed by atoms with Gasteiger partial charge in [-0.2, -0.15) is 0 Å². The van der Waals surface area contributed by atoms with Gasteiger partial charge in [0.1, 0.15) is 11.5 Å². The normalized spacial score (nSPS) is 18.5. The molecule has 0 atom stereocenters. The van der Waals surface area contributed by atoms with Gasteiger partial charge in [0.05, 0.1) is 9.79 Å². The number of fused-ring (bicyclic) bond motifs is 4. The number of ether oxygens (including phenoxy) is 1. The number of nitrogens with one attached hydrogen (secondary N) is 2. The predicted octanol–water partition coefficient (Wildman–Crippen LogP) is 3.23. The number of benzene rings is 2. The summed E-state index contributed by atoms with van der Waals surface area (Å²) in [7, 11) is 0. The molecule has 112 valence electrons. The smallest absolute Gasteiger partial charge is 0.141 e. The highest BCUT2D eigenvalue weighted by atomic mass is 32.2. The number of hydrogen-bond acceptors (Lipinski definition) is 4. The zero-order valence-electron chi connectivity index (χ0n) is 12.4. The molecule has 2 aromatic carbocycles. The van der Waals surface area contributed by atoms with Crippen LogP contribution in [0.1, 0.15) is 22.3 Å². The molecule has 3 aliphatic heterocycles. The molecular weight excluding hydrogens is 292 g/mol. The summed E-state index contributed by atoms with van der Waals surface area (Å²) in [6, 6.07) is 9.12. The number of hydrogen-bond donors (Lipinski definition) is 2. The Morgan fingerprint density at radius 2 is 1.27 bits per heavy atom. The predicted molar refractivity (Wildman–Crippen MR) is 87.9 cm³/mol. The first-order valence-corrected chi connectivity index (χ1v) is 8.77. The van der Waals surface area contributed by atoms with E-state index in [0.717, 1.165) is 50.5 Å². The van der Waals surface area contributed by atoms with Crippen LogP contribution in [0.2, 0.25) is 0 Å². The van der Waals surface area contributed by atoms with Crippen molar-refractivity contribution in [2.45, 2.75) is 35.7 Å². The van der Waals surface area contributed by atoms with E-state index in [0.29, 0.717) is 0 Å². The molecule has 0 radical (unpaired) electrons. The minimum absolute atomic E-state index is 0.956. The Morgan fingerprint density at radius 3 is 1.82 bits per heavy atom. The Morgan fingerprint density at radius 1 is 0.727 bits per heavy atom. The maximum Gasteiger partial charge on any atom is 0.141 e. The molecule has 3 heterocycles. The van der Waals surface area contributed by atoms with Crippen molar-refractivity contribution in [3.63, 3.8) is 0 Å². The summed E-state index contributed by atoms with van der Waals surface area (Å²) in [4.78, 5) is 2.53. The van der Waals surface area contributed by atoms with Gasteiger partial charge in [-0.05, 0) is 72.5 Å². The summed E-state index contributed by atoms with van der Waals surface area (Å²) in [6.07, 6.45) is 2.23. The van der Waals surface area contributed by atoms with Gasteiger partial charge < -0.3 is 15.4 Å². The van der Waals surface area contributed by atoms with Crippen LogP contribution in [0.25, 0.3) is 0 Å².